The normalized spacial score (nSPS) is 33.2. The van der Waals surface area contributed by atoms with Crippen molar-refractivity contribution in [2.75, 3.05) is 6.67 Å². The molecule has 30 heavy (non-hydrogen) atoms. The highest BCUT2D eigenvalue weighted by Crippen LogP contribution is 2.62. The van der Waals surface area contributed by atoms with Crippen LogP contribution >= 0.6 is 0 Å². The van der Waals surface area contributed by atoms with E-state index in [1.165, 1.54) is 0 Å². The fourth-order valence-electron chi connectivity index (χ4n) is 4.44. The van der Waals surface area contributed by atoms with Crippen molar-refractivity contribution in [2.24, 2.45) is 0 Å². The topological polar surface area (TPSA) is 278 Å². The van der Waals surface area contributed by atoms with Crippen molar-refractivity contribution >= 4 is 0 Å². The molecule has 5 unspecified atom stereocenters. The van der Waals surface area contributed by atoms with Gasteiger partial charge in [0.1, 0.15) is 0 Å². The number of hydrogen-bond acceptors (Lipinski definition) is 12. The highest BCUT2D eigenvalue weighted by Gasteiger charge is 3.03. The van der Waals surface area contributed by atoms with Gasteiger partial charge < -0.3 is 0 Å². The maximum Gasteiger partial charge on any atom is 0.331 e. The molecule has 0 aromatic heterocycles. The average molecular weight is 438 g/mol. The summed E-state index contributed by atoms with van der Waals surface area (Å²) < 4.78 is 0. The van der Waals surface area contributed by atoms with Gasteiger partial charge in [0.25, 0.3) is 24.7 Å². The van der Waals surface area contributed by atoms with Crippen LogP contribution in [0.25, 0.3) is 0 Å². The number of nitro groups is 6. The van der Waals surface area contributed by atoms with Crippen LogP contribution < -0.4 is 0 Å². The van der Waals surface area contributed by atoms with Crippen LogP contribution in [0.4, 0.5) is 0 Å². The monoisotopic (exact) mass is 438 g/mol. The molecule has 24 heteroatoms. The highest BCUT2D eigenvalue weighted by molar-refractivity contribution is 5.24. The fourth-order valence-corrected chi connectivity index (χ4v) is 4.44. The summed E-state index contributed by atoms with van der Waals surface area (Å²) in [4.78, 5) is 69.6. The van der Waals surface area contributed by atoms with E-state index in [-0.39, 0.29) is 30.1 Å². The van der Waals surface area contributed by atoms with Gasteiger partial charge in [-0.15, -0.1) is 0 Å². The van der Waals surface area contributed by atoms with E-state index >= 15 is 0 Å². The molecular formula is C6H6N12O12. The van der Waals surface area contributed by atoms with Gasteiger partial charge in [-0.1, -0.05) is 30.1 Å². The molecule has 4 saturated heterocycles. The zero-order valence-electron chi connectivity index (χ0n) is 13.8. The number of hydrogen-bond donors (Lipinski definition) is 0. The molecule has 24 nitrogen and oxygen atoms in total. The predicted molar refractivity (Wildman–Crippen MR) is 75.8 cm³/mol. The van der Waals surface area contributed by atoms with Crippen molar-refractivity contribution in [1.29, 1.82) is 0 Å². The minimum atomic E-state index is -2.86. The Hall–Kier alpha value is -4.80. The third kappa shape index (κ3) is 1.73. The van der Waals surface area contributed by atoms with Gasteiger partial charge in [-0.25, -0.2) is 60.7 Å². The molecule has 4 heterocycles. The van der Waals surface area contributed by atoms with Crippen molar-refractivity contribution in [3.8, 4) is 0 Å². The van der Waals surface area contributed by atoms with Crippen LogP contribution in [0.2, 0.25) is 0 Å². The maximum absolute atomic E-state index is 11.7. The molecule has 162 valence electrons. The van der Waals surface area contributed by atoms with E-state index in [2.05, 4.69) is 0 Å². The first-order valence-electron chi connectivity index (χ1n) is 7.45. The Labute approximate surface area is 159 Å². The van der Waals surface area contributed by atoms with Crippen LogP contribution in [-0.2, 0) is 0 Å². The summed E-state index contributed by atoms with van der Waals surface area (Å²) in [6.45, 7) is -1.40. The van der Waals surface area contributed by atoms with Crippen molar-refractivity contribution in [1.82, 2.24) is 30.1 Å². The first kappa shape index (κ1) is 18.6. The summed E-state index contributed by atoms with van der Waals surface area (Å²) in [7, 11) is 0. The average Bonchev–Trinajstić information content (AvgIpc) is 3.21. The minimum Gasteiger partial charge on any atom is -0.235 e. The molecule has 0 amide bonds. The lowest BCUT2D eigenvalue weighted by Gasteiger charge is -2.35. The van der Waals surface area contributed by atoms with Crippen LogP contribution in [0.15, 0.2) is 0 Å². The molecule has 0 radical (unpaired) electrons. The van der Waals surface area contributed by atoms with Crippen LogP contribution in [0.3, 0.4) is 0 Å². The second kappa shape index (κ2) is 5.17. The third-order valence-electron chi connectivity index (χ3n) is 5.24. The zero-order valence-corrected chi connectivity index (χ0v) is 13.8. The molecule has 4 rings (SSSR count). The summed E-state index contributed by atoms with van der Waals surface area (Å²) in [5.41, 5.74) is -2.86. The van der Waals surface area contributed by atoms with E-state index in [0.29, 0.717) is 0 Å². The molecule has 5 atom stereocenters. The van der Waals surface area contributed by atoms with Crippen LogP contribution in [0.1, 0.15) is 0 Å². The largest absolute Gasteiger partial charge is 0.331 e. The smallest absolute Gasteiger partial charge is 0.235 e. The van der Waals surface area contributed by atoms with Crippen LogP contribution in [0.5, 0.6) is 0 Å². The quantitative estimate of drug-likeness (QED) is 0.216. The van der Waals surface area contributed by atoms with E-state index in [1.54, 1.807) is 0 Å². The van der Waals surface area contributed by atoms with E-state index in [0.717, 1.165) is 0 Å². The number of nitrogens with zero attached hydrogens (tertiary/aromatic N) is 12. The summed E-state index contributed by atoms with van der Waals surface area (Å²) >= 11 is 0. The van der Waals surface area contributed by atoms with Gasteiger partial charge in [0.2, 0.25) is 6.67 Å². The number of rotatable bonds is 6. The first-order valence-corrected chi connectivity index (χ1v) is 7.45. The van der Waals surface area contributed by atoms with Gasteiger partial charge in [0, 0.05) is 0 Å². The summed E-state index contributed by atoms with van der Waals surface area (Å²) in [5, 5.41) is 60.5. The second-order valence-corrected chi connectivity index (χ2v) is 6.25. The van der Waals surface area contributed by atoms with E-state index < -0.39 is 67.2 Å². The highest BCUT2D eigenvalue weighted by atomic mass is 16.7. The Kier molecular flexibility index (Phi) is 3.20. The van der Waals surface area contributed by atoms with Gasteiger partial charge in [0.15, 0.2) is 30.2 Å². The molecule has 4 fully saturated rings. The predicted octanol–water partition coefficient (Wildman–Crippen LogP) is -4.04. The van der Waals surface area contributed by atoms with Crippen molar-refractivity contribution < 1.29 is 30.2 Å². The Morgan fingerprint density at radius 1 is 0.567 bits per heavy atom. The Balaban J connectivity index is 2.08. The molecule has 4 aliphatic rings. The molecule has 0 aromatic carbocycles. The molecule has 3 bridgehead atoms. The lowest BCUT2D eigenvalue weighted by molar-refractivity contribution is -0.776. The summed E-state index contributed by atoms with van der Waals surface area (Å²) in [6.07, 6.45) is -9.69. The lowest BCUT2D eigenvalue weighted by atomic mass is 10.1. The second-order valence-electron chi connectivity index (χ2n) is 6.25. The zero-order chi connectivity index (χ0) is 22.4. The first-order chi connectivity index (χ1) is 13.9. The summed E-state index contributed by atoms with van der Waals surface area (Å²) in [5.74, 6) is 0. The molecule has 0 aliphatic carbocycles. The third-order valence-corrected chi connectivity index (χ3v) is 5.24. The standard InChI is InChI=1S/C6H6N12O12/c19-13(20)7-1-8(14(21)22)4-6-5(12(6)18(29)30)9(15(23)24)2(7)3(10(4)16(25)26)11(6)17(27)28/h2-5H,1H2. The fraction of sp³-hybridized carbons (Fsp3) is 1.00. The van der Waals surface area contributed by atoms with Gasteiger partial charge in [-0.2, -0.15) is 0 Å². The molecule has 0 aromatic rings. The van der Waals surface area contributed by atoms with Crippen molar-refractivity contribution in [3.63, 3.8) is 0 Å². The molecule has 4 aliphatic heterocycles. The Morgan fingerprint density at radius 2 is 1.03 bits per heavy atom. The molecule has 0 N–H and O–H groups in total. The molecular weight excluding hydrogens is 432 g/mol. The van der Waals surface area contributed by atoms with E-state index in [1.807, 2.05) is 0 Å². The van der Waals surface area contributed by atoms with Gasteiger partial charge >= 0.3 is 5.66 Å². The minimum absolute atomic E-state index is 0.107. The Morgan fingerprint density at radius 3 is 1.43 bits per heavy atom. The number of fused-ring (bicyclic) bond motifs is 1. The summed E-state index contributed by atoms with van der Waals surface area (Å²) in [6, 6.07) is 0. The van der Waals surface area contributed by atoms with Gasteiger partial charge in [0.05, 0.1) is 0 Å². The SMILES string of the molecule is O=[N+]([O-])N1CN([N+](=O)[O-])C2N([N+](=O)[O-])C3C1N([N+](=O)[O-])C1N([N+](=O)[O-])C21N3[N+](=O)[O-]. The van der Waals surface area contributed by atoms with E-state index in [9.17, 15) is 60.7 Å². The van der Waals surface area contributed by atoms with Crippen LogP contribution in [0, 0.1) is 60.7 Å². The van der Waals surface area contributed by atoms with Gasteiger partial charge in [-0.3, -0.25) is 0 Å². The van der Waals surface area contributed by atoms with Crippen LogP contribution in [-0.4, -0.2) is 97.2 Å². The Bertz CT molecular complexity index is 913. The maximum atomic E-state index is 11.7. The number of piperazine rings is 1. The van der Waals surface area contributed by atoms with Gasteiger partial charge in [-0.05, 0) is 0 Å². The molecule has 0 saturated carbocycles. The van der Waals surface area contributed by atoms with E-state index in [4.69, 9.17) is 0 Å². The lowest BCUT2D eigenvalue weighted by Crippen LogP contribution is -2.73. The molecule has 1 spiro atoms. The number of hydrazine groups is 6. The van der Waals surface area contributed by atoms with Crippen molar-refractivity contribution in [3.05, 3.63) is 60.7 Å². The van der Waals surface area contributed by atoms with Crippen molar-refractivity contribution in [2.45, 2.75) is 30.3 Å².